The van der Waals surface area contributed by atoms with Crippen LogP contribution in [0.3, 0.4) is 0 Å². The van der Waals surface area contributed by atoms with E-state index in [4.69, 9.17) is 10.5 Å². The summed E-state index contributed by atoms with van der Waals surface area (Å²) in [7, 11) is 0. The van der Waals surface area contributed by atoms with Crippen LogP contribution in [0.1, 0.15) is 10.4 Å². The number of amides is 1. The van der Waals surface area contributed by atoms with E-state index in [0.29, 0.717) is 34.0 Å². The van der Waals surface area contributed by atoms with Crippen LogP contribution >= 0.6 is 11.3 Å². The maximum absolute atomic E-state index is 12.6. The highest BCUT2D eigenvalue weighted by molar-refractivity contribution is 7.17. The Balaban J connectivity index is 1.58. The average Bonchev–Trinajstić information content (AvgIpc) is 3.09. The number of anilines is 2. The van der Waals surface area contributed by atoms with Crippen LogP contribution in [0.15, 0.2) is 66.4 Å². The molecule has 7 heteroatoms. The molecule has 0 unspecified atom stereocenters. The van der Waals surface area contributed by atoms with E-state index in [2.05, 4.69) is 15.3 Å². The molecule has 128 valence electrons. The van der Waals surface area contributed by atoms with Crippen LogP contribution in [0.25, 0.3) is 10.2 Å². The summed E-state index contributed by atoms with van der Waals surface area (Å²) in [4.78, 5) is 20.8. The zero-order valence-corrected chi connectivity index (χ0v) is 14.4. The van der Waals surface area contributed by atoms with Crippen molar-refractivity contribution < 1.29 is 9.53 Å². The summed E-state index contributed by atoms with van der Waals surface area (Å²) in [6.45, 7) is 0. The van der Waals surface area contributed by atoms with Gasteiger partial charge < -0.3 is 15.8 Å². The zero-order chi connectivity index (χ0) is 17.9. The van der Waals surface area contributed by atoms with Crippen LogP contribution < -0.4 is 15.8 Å². The predicted molar refractivity (Wildman–Crippen MR) is 103 cm³/mol. The van der Waals surface area contributed by atoms with Crippen molar-refractivity contribution in [1.82, 2.24) is 9.97 Å². The second-order valence-electron chi connectivity index (χ2n) is 5.51. The monoisotopic (exact) mass is 362 g/mol. The number of rotatable bonds is 4. The Bertz CT molecular complexity index is 1080. The molecule has 6 nitrogen and oxygen atoms in total. The molecule has 1 amide bonds. The molecule has 0 aliphatic carbocycles. The second kappa shape index (κ2) is 6.81. The molecule has 4 rings (SSSR count). The molecule has 0 atom stereocenters. The van der Waals surface area contributed by atoms with Gasteiger partial charge in [-0.2, -0.15) is 0 Å². The minimum Gasteiger partial charge on any atom is -0.455 e. The van der Waals surface area contributed by atoms with Crippen molar-refractivity contribution in [2.45, 2.75) is 0 Å². The normalized spacial score (nSPS) is 10.6. The highest BCUT2D eigenvalue weighted by atomic mass is 32.1. The van der Waals surface area contributed by atoms with Gasteiger partial charge in [-0.05, 0) is 24.3 Å². The summed E-state index contributed by atoms with van der Waals surface area (Å²) >= 11 is 1.43. The first kappa shape index (κ1) is 16.0. The van der Waals surface area contributed by atoms with Gasteiger partial charge in [-0.1, -0.05) is 18.2 Å². The molecule has 0 saturated carbocycles. The van der Waals surface area contributed by atoms with Gasteiger partial charge in [0.25, 0.3) is 5.91 Å². The SMILES string of the molecule is Nc1ccc(NC(=O)c2csc3cncnc23)cc1Oc1ccccc1. The number of carbonyl (C=O) groups excluding carboxylic acids is 1. The number of nitrogens with two attached hydrogens (primary N) is 1. The van der Waals surface area contributed by atoms with Gasteiger partial charge in [0.15, 0.2) is 5.75 Å². The second-order valence-corrected chi connectivity index (χ2v) is 6.42. The molecular weight excluding hydrogens is 348 g/mol. The van der Waals surface area contributed by atoms with Gasteiger partial charge in [-0.15, -0.1) is 11.3 Å². The van der Waals surface area contributed by atoms with Crippen molar-refractivity contribution in [1.29, 1.82) is 0 Å². The number of hydrogen-bond acceptors (Lipinski definition) is 6. The van der Waals surface area contributed by atoms with E-state index in [9.17, 15) is 4.79 Å². The van der Waals surface area contributed by atoms with E-state index < -0.39 is 0 Å². The summed E-state index contributed by atoms with van der Waals surface area (Å²) in [5.74, 6) is 0.903. The van der Waals surface area contributed by atoms with Crippen molar-refractivity contribution in [3.05, 3.63) is 72.0 Å². The number of ether oxygens (including phenoxy) is 1. The lowest BCUT2D eigenvalue weighted by atomic mass is 10.2. The van der Waals surface area contributed by atoms with Crippen molar-refractivity contribution in [3.8, 4) is 11.5 Å². The topological polar surface area (TPSA) is 90.1 Å². The lowest BCUT2D eigenvalue weighted by Crippen LogP contribution is -2.11. The van der Waals surface area contributed by atoms with E-state index in [0.717, 1.165) is 4.70 Å². The number of para-hydroxylation sites is 1. The Morgan fingerprint density at radius 2 is 2.00 bits per heavy atom. The number of nitrogens with one attached hydrogen (secondary N) is 1. The molecule has 0 radical (unpaired) electrons. The highest BCUT2D eigenvalue weighted by Gasteiger charge is 2.14. The molecule has 26 heavy (non-hydrogen) atoms. The van der Waals surface area contributed by atoms with Gasteiger partial charge in [0.05, 0.1) is 21.5 Å². The third-order valence-electron chi connectivity index (χ3n) is 3.72. The number of nitrogens with zero attached hydrogens (tertiary/aromatic N) is 2. The van der Waals surface area contributed by atoms with Crippen molar-refractivity contribution in [2.75, 3.05) is 11.1 Å². The third kappa shape index (κ3) is 3.20. The van der Waals surface area contributed by atoms with E-state index >= 15 is 0 Å². The smallest absolute Gasteiger partial charge is 0.258 e. The van der Waals surface area contributed by atoms with Gasteiger partial charge in [-0.25, -0.2) is 9.97 Å². The Kier molecular flexibility index (Phi) is 4.20. The minimum atomic E-state index is -0.245. The maximum atomic E-state index is 12.6. The Morgan fingerprint density at radius 1 is 1.15 bits per heavy atom. The fraction of sp³-hybridized carbons (Fsp3) is 0. The van der Waals surface area contributed by atoms with E-state index in [-0.39, 0.29) is 5.91 Å². The van der Waals surface area contributed by atoms with Gasteiger partial charge in [0.2, 0.25) is 0 Å². The quantitative estimate of drug-likeness (QED) is 0.528. The van der Waals surface area contributed by atoms with E-state index in [1.54, 1.807) is 29.8 Å². The summed E-state index contributed by atoms with van der Waals surface area (Å²) in [5.41, 5.74) is 8.20. The van der Waals surface area contributed by atoms with Gasteiger partial charge in [0.1, 0.15) is 12.1 Å². The Labute approximate surface area is 153 Å². The largest absolute Gasteiger partial charge is 0.455 e. The Hall–Kier alpha value is -3.45. The summed E-state index contributed by atoms with van der Waals surface area (Å²) in [6, 6.07) is 14.5. The number of thiophene rings is 1. The van der Waals surface area contributed by atoms with E-state index in [1.165, 1.54) is 17.7 Å². The zero-order valence-electron chi connectivity index (χ0n) is 13.5. The standard InChI is InChI=1S/C19H14N4O2S/c20-15-7-6-12(8-16(15)25-13-4-2-1-3-5-13)23-19(24)14-10-26-17-9-21-11-22-18(14)17/h1-11H,20H2,(H,23,24). The summed E-state index contributed by atoms with van der Waals surface area (Å²) < 4.78 is 6.66. The van der Waals surface area contributed by atoms with Gasteiger partial charge >= 0.3 is 0 Å². The third-order valence-corrected chi connectivity index (χ3v) is 4.63. The fourth-order valence-electron chi connectivity index (χ4n) is 2.46. The molecular formula is C19H14N4O2S. The van der Waals surface area contributed by atoms with E-state index in [1.807, 2.05) is 30.3 Å². The van der Waals surface area contributed by atoms with Crippen LogP contribution in [-0.4, -0.2) is 15.9 Å². The summed E-state index contributed by atoms with van der Waals surface area (Å²) in [5, 5.41) is 4.63. The molecule has 3 N–H and O–H groups in total. The molecule has 0 fully saturated rings. The number of fused-ring (bicyclic) bond motifs is 1. The van der Waals surface area contributed by atoms with Gasteiger partial charge in [0, 0.05) is 23.3 Å². The molecule has 0 aliphatic heterocycles. The first-order chi connectivity index (χ1) is 12.7. The highest BCUT2D eigenvalue weighted by Crippen LogP contribution is 2.31. The van der Waals surface area contributed by atoms with Gasteiger partial charge in [-0.3, -0.25) is 4.79 Å². The first-order valence-corrected chi connectivity index (χ1v) is 8.69. The minimum absolute atomic E-state index is 0.245. The van der Waals surface area contributed by atoms with Crippen LogP contribution in [0.4, 0.5) is 11.4 Å². The van der Waals surface area contributed by atoms with Crippen molar-refractivity contribution in [2.24, 2.45) is 0 Å². The van der Waals surface area contributed by atoms with Crippen molar-refractivity contribution >= 4 is 38.8 Å². The number of carbonyl (C=O) groups is 1. The van der Waals surface area contributed by atoms with Crippen LogP contribution in [0.5, 0.6) is 11.5 Å². The lowest BCUT2D eigenvalue weighted by Gasteiger charge is -2.11. The molecule has 2 aromatic heterocycles. The lowest BCUT2D eigenvalue weighted by molar-refractivity contribution is 0.102. The number of benzene rings is 2. The molecule has 0 spiro atoms. The Morgan fingerprint density at radius 3 is 2.85 bits per heavy atom. The predicted octanol–water partition coefficient (Wildman–Crippen LogP) is 4.32. The number of nitrogen functional groups attached to an aromatic ring is 1. The van der Waals surface area contributed by atoms with Crippen LogP contribution in [0.2, 0.25) is 0 Å². The average molecular weight is 362 g/mol. The number of hydrogen-bond donors (Lipinski definition) is 2. The molecule has 0 saturated heterocycles. The first-order valence-electron chi connectivity index (χ1n) is 7.82. The molecule has 0 aliphatic rings. The maximum Gasteiger partial charge on any atom is 0.258 e. The molecule has 2 aromatic carbocycles. The molecule has 4 aromatic rings. The molecule has 0 bridgehead atoms. The summed E-state index contributed by atoms with van der Waals surface area (Å²) in [6.07, 6.45) is 3.12. The fourth-order valence-corrected chi connectivity index (χ4v) is 3.32. The number of aromatic nitrogens is 2. The van der Waals surface area contributed by atoms with Crippen LogP contribution in [0, 0.1) is 0 Å². The van der Waals surface area contributed by atoms with Crippen molar-refractivity contribution in [3.63, 3.8) is 0 Å². The van der Waals surface area contributed by atoms with Crippen LogP contribution in [-0.2, 0) is 0 Å². The molecule has 2 heterocycles.